The summed E-state index contributed by atoms with van der Waals surface area (Å²) in [5.41, 5.74) is 1.84. The molecule has 7 nitrogen and oxygen atoms in total. The van der Waals surface area contributed by atoms with Crippen LogP contribution in [-0.4, -0.2) is 51.0 Å². The Morgan fingerprint density at radius 2 is 1.88 bits per heavy atom. The average molecular weight is 484 g/mol. The van der Waals surface area contributed by atoms with Crippen molar-refractivity contribution in [1.82, 2.24) is 10.2 Å². The number of carbonyl (C=O) groups excluding carboxylic acids is 2. The van der Waals surface area contributed by atoms with Crippen molar-refractivity contribution in [2.24, 2.45) is 0 Å². The number of nitrogens with one attached hydrogen (secondary N) is 1. The smallest absolute Gasteiger partial charge is 0.244 e. The second-order valence-corrected chi connectivity index (χ2v) is 9.73. The van der Waals surface area contributed by atoms with Gasteiger partial charge >= 0.3 is 0 Å². The molecule has 0 aliphatic carbocycles. The van der Waals surface area contributed by atoms with Crippen LogP contribution >= 0.6 is 11.6 Å². The Balaban J connectivity index is 2.45. The van der Waals surface area contributed by atoms with Crippen molar-refractivity contribution in [3.05, 3.63) is 64.4 Å². The molecule has 0 heterocycles. The number of anilines is 1. The summed E-state index contributed by atoms with van der Waals surface area (Å²) >= 11 is 5.82. The number of benzene rings is 2. The summed E-state index contributed by atoms with van der Waals surface area (Å²) in [7, 11) is -2.43. The minimum Gasteiger partial charge on any atom is -0.357 e. The maximum atomic E-state index is 13.6. The predicted octanol–water partition coefficient (Wildman–Crippen LogP) is 3.11. The highest BCUT2D eigenvalue weighted by Crippen LogP contribution is 2.25. The molecule has 0 aliphatic heterocycles. The van der Waals surface area contributed by atoms with E-state index in [0.717, 1.165) is 33.8 Å². The maximum Gasteiger partial charge on any atom is 0.244 e. The van der Waals surface area contributed by atoms with Gasteiger partial charge in [-0.15, -0.1) is 0 Å². The Hall–Kier alpha value is -2.65. The summed E-state index contributed by atoms with van der Waals surface area (Å²) in [6.07, 6.45) is 1.27. The molecule has 2 aromatic rings. The zero-order chi connectivity index (χ0) is 24.1. The molecule has 0 fully saturated rings. The molecule has 0 bridgehead atoms. The van der Waals surface area contributed by atoms with Gasteiger partial charge in [0.05, 0.1) is 17.0 Å². The molecule has 0 spiro atoms. The molecule has 10 heteroatoms. The largest absolute Gasteiger partial charge is 0.357 e. The summed E-state index contributed by atoms with van der Waals surface area (Å²) in [5, 5.41) is 2.29. The van der Waals surface area contributed by atoms with Gasteiger partial charge in [-0.3, -0.25) is 13.9 Å². The fraction of sp³-hybridized carbons (Fsp3) is 0.364. The molecular formula is C22H27ClFN3O4S. The van der Waals surface area contributed by atoms with Crippen molar-refractivity contribution in [2.75, 3.05) is 24.2 Å². The molecule has 2 amide bonds. The van der Waals surface area contributed by atoms with E-state index in [2.05, 4.69) is 5.32 Å². The van der Waals surface area contributed by atoms with Crippen LogP contribution in [0.5, 0.6) is 0 Å². The van der Waals surface area contributed by atoms with E-state index in [1.54, 1.807) is 6.92 Å². The fourth-order valence-electron chi connectivity index (χ4n) is 3.35. The number of hydrogen-bond donors (Lipinski definition) is 1. The third-order valence-electron chi connectivity index (χ3n) is 4.94. The lowest BCUT2D eigenvalue weighted by Crippen LogP contribution is -2.51. The molecule has 0 aliphatic rings. The van der Waals surface area contributed by atoms with Gasteiger partial charge in [-0.05, 0) is 37.1 Å². The van der Waals surface area contributed by atoms with E-state index in [1.165, 1.54) is 18.0 Å². The molecule has 0 aromatic heterocycles. The molecule has 2 aromatic carbocycles. The van der Waals surface area contributed by atoms with Crippen molar-refractivity contribution < 1.29 is 22.4 Å². The molecule has 2 rings (SSSR count). The third kappa shape index (κ3) is 6.43. The minimum atomic E-state index is -3.91. The number of likely N-dealkylation sites (N-methyl/N-ethyl adjacent to an activating group) is 1. The van der Waals surface area contributed by atoms with Gasteiger partial charge in [0.1, 0.15) is 18.4 Å². The third-order valence-corrected chi connectivity index (χ3v) is 6.37. The van der Waals surface area contributed by atoms with E-state index in [4.69, 9.17) is 11.6 Å². The number of sulfonamides is 1. The first kappa shape index (κ1) is 25.6. The van der Waals surface area contributed by atoms with Gasteiger partial charge < -0.3 is 10.2 Å². The Kier molecular flexibility index (Phi) is 8.63. The average Bonchev–Trinajstić information content (AvgIpc) is 2.72. The number of halogens is 2. The minimum absolute atomic E-state index is 0.0516. The van der Waals surface area contributed by atoms with Crippen LogP contribution in [0.1, 0.15) is 24.5 Å². The van der Waals surface area contributed by atoms with E-state index in [-0.39, 0.29) is 23.2 Å². The van der Waals surface area contributed by atoms with Crippen LogP contribution in [0.4, 0.5) is 10.1 Å². The highest BCUT2D eigenvalue weighted by atomic mass is 35.5. The van der Waals surface area contributed by atoms with Crippen molar-refractivity contribution >= 4 is 39.1 Å². The van der Waals surface area contributed by atoms with Gasteiger partial charge in [0.15, 0.2) is 0 Å². The number of amides is 2. The quantitative estimate of drug-likeness (QED) is 0.593. The van der Waals surface area contributed by atoms with Crippen LogP contribution in [0.25, 0.3) is 0 Å². The van der Waals surface area contributed by atoms with Crippen molar-refractivity contribution in [3.63, 3.8) is 0 Å². The van der Waals surface area contributed by atoms with Crippen molar-refractivity contribution in [2.45, 2.75) is 32.9 Å². The molecule has 32 heavy (non-hydrogen) atoms. The first-order chi connectivity index (χ1) is 15.0. The summed E-state index contributed by atoms with van der Waals surface area (Å²) in [6, 6.07) is 10.1. The summed E-state index contributed by atoms with van der Waals surface area (Å²) in [6.45, 7) is 3.23. The number of carbonyl (C=O) groups is 2. The van der Waals surface area contributed by atoms with Crippen molar-refractivity contribution in [1.29, 1.82) is 0 Å². The molecule has 1 atom stereocenters. The monoisotopic (exact) mass is 483 g/mol. The van der Waals surface area contributed by atoms with Gasteiger partial charge in [-0.25, -0.2) is 12.8 Å². The SMILES string of the molecule is CC[C@H](C(=O)NC)N(Cc1cccc(C)c1)C(=O)CN(c1ccc(F)c(Cl)c1)S(C)(=O)=O. The summed E-state index contributed by atoms with van der Waals surface area (Å²) in [5.74, 6) is -1.64. The van der Waals surface area contributed by atoms with Crippen LogP contribution in [-0.2, 0) is 26.2 Å². The van der Waals surface area contributed by atoms with E-state index < -0.39 is 34.3 Å². The highest BCUT2D eigenvalue weighted by Gasteiger charge is 2.31. The van der Waals surface area contributed by atoms with Gasteiger partial charge in [-0.2, -0.15) is 0 Å². The Bertz CT molecular complexity index is 1090. The first-order valence-electron chi connectivity index (χ1n) is 9.97. The van der Waals surface area contributed by atoms with Crippen LogP contribution in [0.15, 0.2) is 42.5 Å². The molecule has 0 radical (unpaired) electrons. The molecule has 0 unspecified atom stereocenters. The van der Waals surface area contributed by atoms with Gasteiger partial charge in [-0.1, -0.05) is 48.4 Å². The maximum absolute atomic E-state index is 13.6. The van der Waals surface area contributed by atoms with E-state index in [9.17, 15) is 22.4 Å². The van der Waals surface area contributed by atoms with Crippen LogP contribution in [0.3, 0.4) is 0 Å². The second-order valence-electron chi connectivity index (χ2n) is 7.42. The molecule has 174 valence electrons. The number of nitrogens with zero attached hydrogens (tertiary/aromatic N) is 2. The molecule has 0 saturated carbocycles. The Morgan fingerprint density at radius 3 is 2.41 bits per heavy atom. The van der Waals surface area contributed by atoms with Gasteiger partial charge in [0.25, 0.3) is 0 Å². The van der Waals surface area contributed by atoms with Crippen molar-refractivity contribution in [3.8, 4) is 0 Å². The zero-order valence-electron chi connectivity index (χ0n) is 18.4. The molecule has 0 saturated heterocycles. The first-order valence-corrected chi connectivity index (χ1v) is 12.2. The zero-order valence-corrected chi connectivity index (χ0v) is 20.0. The van der Waals surface area contributed by atoms with Gasteiger partial charge in [0.2, 0.25) is 21.8 Å². The topological polar surface area (TPSA) is 86.8 Å². The normalized spacial score (nSPS) is 12.2. The second kappa shape index (κ2) is 10.8. The molecule has 1 N–H and O–H groups in total. The van der Waals surface area contributed by atoms with Crippen LogP contribution in [0.2, 0.25) is 5.02 Å². The number of rotatable bonds is 9. The predicted molar refractivity (Wildman–Crippen MR) is 123 cm³/mol. The van der Waals surface area contributed by atoms with E-state index in [0.29, 0.717) is 6.42 Å². The summed E-state index contributed by atoms with van der Waals surface area (Å²) < 4.78 is 39.3. The van der Waals surface area contributed by atoms with Gasteiger partial charge in [0, 0.05) is 13.6 Å². The highest BCUT2D eigenvalue weighted by molar-refractivity contribution is 7.92. The number of aryl methyl sites for hydroxylation is 1. The van der Waals surface area contributed by atoms with Crippen LogP contribution < -0.4 is 9.62 Å². The van der Waals surface area contributed by atoms with Crippen LogP contribution in [0, 0.1) is 12.7 Å². The van der Waals surface area contributed by atoms with E-state index in [1.807, 2.05) is 31.2 Å². The number of hydrogen-bond acceptors (Lipinski definition) is 4. The Labute approximate surface area is 193 Å². The lowest BCUT2D eigenvalue weighted by atomic mass is 10.1. The molecular weight excluding hydrogens is 457 g/mol. The lowest BCUT2D eigenvalue weighted by Gasteiger charge is -2.32. The summed E-state index contributed by atoms with van der Waals surface area (Å²) in [4.78, 5) is 27.2. The lowest BCUT2D eigenvalue weighted by molar-refractivity contribution is -0.140. The van der Waals surface area contributed by atoms with E-state index >= 15 is 0 Å². The Morgan fingerprint density at radius 1 is 1.19 bits per heavy atom. The standard InChI is InChI=1S/C22H27ClFN3O4S/c1-5-20(22(29)25-3)26(13-16-8-6-7-15(2)11-16)21(28)14-27(32(4,30)31)17-9-10-19(24)18(23)12-17/h6-12,20H,5,13-14H2,1-4H3,(H,25,29)/t20-/m1/s1. The fourth-order valence-corrected chi connectivity index (χ4v) is 4.36.